The van der Waals surface area contributed by atoms with Crippen molar-refractivity contribution in [2.45, 2.75) is 37.5 Å². The van der Waals surface area contributed by atoms with E-state index in [0.717, 1.165) is 16.0 Å². The summed E-state index contributed by atoms with van der Waals surface area (Å²) in [6.45, 7) is 10.1. The molecule has 9 nitrogen and oxygen atoms in total. The summed E-state index contributed by atoms with van der Waals surface area (Å²) in [5.41, 5.74) is 8.78. The zero-order valence-corrected chi connectivity index (χ0v) is 21.0. The van der Waals surface area contributed by atoms with E-state index in [9.17, 15) is 4.21 Å². The predicted molar refractivity (Wildman–Crippen MR) is 142 cm³/mol. The maximum atomic E-state index is 12.3. The lowest BCUT2D eigenvalue weighted by molar-refractivity contribution is 0.292. The Morgan fingerprint density at radius 2 is 1.74 bits per heavy atom. The van der Waals surface area contributed by atoms with Gasteiger partial charge in [0.2, 0.25) is 11.8 Å². The summed E-state index contributed by atoms with van der Waals surface area (Å²) in [6, 6.07) is 14.3. The Hall–Kier alpha value is -3.47. The number of ether oxygens (including phenoxy) is 1. The number of nitrogens with two attached hydrogens (primary N) is 1. The van der Waals surface area contributed by atoms with Crippen molar-refractivity contribution in [2.75, 3.05) is 13.2 Å². The molecule has 10 heteroatoms. The Labute approximate surface area is 208 Å². The van der Waals surface area contributed by atoms with Gasteiger partial charge in [-0.25, -0.2) is 9.98 Å². The van der Waals surface area contributed by atoms with Gasteiger partial charge in [-0.15, -0.1) is 0 Å². The van der Waals surface area contributed by atoms with Crippen LogP contribution in [0.4, 0.5) is 0 Å². The zero-order valence-electron chi connectivity index (χ0n) is 20.2. The number of rotatable bonds is 11. The fourth-order valence-electron chi connectivity index (χ4n) is 2.94. The highest BCUT2D eigenvalue weighted by molar-refractivity contribution is 7.85. The summed E-state index contributed by atoms with van der Waals surface area (Å²) in [5.74, 6) is -0.754. The maximum Gasteiger partial charge on any atom is 0.222 e. The smallest absolute Gasteiger partial charge is 0.222 e. The van der Waals surface area contributed by atoms with Gasteiger partial charge in [0.1, 0.15) is 0 Å². The minimum atomic E-state index is -1.10. The van der Waals surface area contributed by atoms with E-state index in [4.69, 9.17) is 26.4 Å². The number of aliphatic hydroxyl groups excluding tert-OH is 1. The third-order valence-corrected chi connectivity index (χ3v) is 6.47. The van der Waals surface area contributed by atoms with E-state index < -0.39 is 10.8 Å². The van der Waals surface area contributed by atoms with Gasteiger partial charge in [-0.05, 0) is 49.0 Å². The minimum Gasteiger partial charge on any atom is -0.421 e. The Kier molecular flexibility index (Phi) is 10.7. The van der Waals surface area contributed by atoms with Gasteiger partial charge >= 0.3 is 0 Å². The Balaban J connectivity index is 2.24. The molecule has 2 aromatic rings. The van der Waals surface area contributed by atoms with Crippen LogP contribution in [0.2, 0.25) is 0 Å². The quantitative estimate of drug-likeness (QED) is 0.140. The molecule has 2 rings (SSSR count). The fraction of sp³-hybridized carbons (Fsp3) is 0.280. The molecular weight excluding hydrogens is 464 g/mol. The van der Waals surface area contributed by atoms with E-state index in [0.29, 0.717) is 24.4 Å². The summed E-state index contributed by atoms with van der Waals surface area (Å²) >= 11 is 0. The van der Waals surface area contributed by atoms with Crippen molar-refractivity contribution >= 4 is 35.0 Å². The van der Waals surface area contributed by atoms with Crippen LogP contribution in [0.25, 0.3) is 0 Å². The van der Waals surface area contributed by atoms with E-state index >= 15 is 0 Å². The van der Waals surface area contributed by atoms with Crippen molar-refractivity contribution in [1.29, 1.82) is 10.8 Å². The van der Waals surface area contributed by atoms with Crippen LogP contribution in [0.1, 0.15) is 37.5 Å². The Morgan fingerprint density at radius 1 is 1.14 bits per heavy atom. The molecule has 0 heterocycles. The number of benzene rings is 2. The van der Waals surface area contributed by atoms with Crippen LogP contribution in [-0.2, 0) is 22.1 Å². The van der Waals surface area contributed by atoms with Crippen LogP contribution in [0, 0.1) is 10.8 Å². The molecule has 0 aromatic heterocycles. The van der Waals surface area contributed by atoms with Gasteiger partial charge in [0.15, 0.2) is 11.5 Å². The van der Waals surface area contributed by atoms with Crippen LogP contribution in [-0.4, -0.2) is 51.9 Å². The van der Waals surface area contributed by atoms with E-state index in [1.165, 1.54) is 0 Å². The first-order valence-electron chi connectivity index (χ1n) is 11.0. The molecule has 2 aromatic carbocycles. The molecule has 186 valence electrons. The fourth-order valence-corrected chi connectivity index (χ4v) is 3.89. The first-order valence-corrected chi connectivity index (χ1v) is 12.2. The average molecular weight is 497 g/mol. The number of hydrogen-bond acceptors (Lipinski definition) is 8. The molecule has 0 radical (unpaired) electrons. The summed E-state index contributed by atoms with van der Waals surface area (Å²) in [6.07, 6.45) is 0. The molecule has 0 saturated heterocycles. The molecule has 35 heavy (non-hydrogen) atoms. The third-order valence-electron chi connectivity index (χ3n) is 4.87. The predicted octanol–water partition coefficient (Wildman–Crippen LogP) is 2.94. The number of nitrogens with zero attached hydrogens (tertiary/aromatic N) is 2. The topological polar surface area (TPSA) is 157 Å². The molecule has 0 fully saturated rings. The molecule has 0 amide bonds. The largest absolute Gasteiger partial charge is 0.421 e. The van der Waals surface area contributed by atoms with Crippen LogP contribution in [0.15, 0.2) is 75.0 Å². The standard InChI is InChI=1S/C25H32N6O3S/c1-16(2)35(33)21-11-9-19(10-12-21)17(3)31-22(23(26)29-4)25(28)34-24(27)20-7-5-18(6-8-20)15-30-13-14-32/h5-12,16,26-27,30,32H,4,13-15,28H2,1-3H3. The normalized spacial score (nSPS) is 13.2. The van der Waals surface area contributed by atoms with Gasteiger partial charge in [0.25, 0.3) is 0 Å². The van der Waals surface area contributed by atoms with Crippen molar-refractivity contribution in [3.8, 4) is 0 Å². The lowest BCUT2D eigenvalue weighted by Crippen LogP contribution is -2.18. The molecule has 0 bridgehead atoms. The van der Waals surface area contributed by atoms with Crippen LogP contribution >= 0.6 is 0 Å². The monoisotopic (exact) mass is 496 g/mol. The van der Waals surface area contributed by atoms with Crippen LogP contribution in [0.5, 0.6) is 0 Å². The second-order valence-corrected chi connectivity index (χ2v) is 9.82. The van der Waals surface area contributed by atoms with Crippen molar-refractivity contribution in [3.63, 3.8) is 0 Å². The molecule has 0 aliphatic heterocycles. The highest BCUT2D eigenvalue weighted by atomic mass is 32.2. The highest BCUT2D eigenvalue weighted by Crippen LogP contribution is 2.16. The number of hydrogen-bond donors (Lipinski definition) is 5. The molecule has 6 N–H and O–H groups in total. The second-order valence-electron chi connectivity index (χ2n) is 7.82. The van der Waals surface area contributed by atoms with Crippen molar-refractivity contribution in [3.05, 3.63) is 76.8 Å². The van der Waals surface area contributed by atoms with Gasteiger partial charge < -0.3 is 20.9 Å². The molecule has 0 aliphatic carbocycles. The van der Waals surface area contributed by atoms with Crippen molar-refractivity contribution < 1.29 is 14.1 Å². The van der Waals surface area contributed by atoms with Crippen molar-refractivity contribution in [1.82, 2.24) is 5.32 Å². The first kappa shape index (κ1) is 27.8. The second kappa shape index (κ2) is 13.4. The molecule has 0 spiro atoms. The van der Waals surface area contributed by atoms with Gasteiger partial charge in [-0.3, -0.25) is 15.0 Å². The van der Waals surface area contributed by atoms with E-state index in [-0.39, 0.29) is 35.2 Å². The summed E-state index contributed by atoms with van der Waals surface area (Å²) < 4.78 is 17.8. The molecule has 1 unspecified atom stereocenters. The van der Waals surface area contributed by atoms with Crippen molar-refractivity contribution in [2.24, 2.45) is 15.7 Å². The maximum absolute atomic E-state index is 12.3. The minimum absolute atomic E-state index is 0.00989. The third kappa shape index (κ3) is 8.06. The van der Waals surface area contributed by atoms with Gasteiger partial charge in [-0.2, -0.15) is 0 Å². The number of aliphatic imine (C=N–C) groups is 2. The van der Waals surface area contributed by atoms with E-state index in [1.54, 1.807) is 43.3 Å². The van der Waals surface area contributed by atoms with Crippen LogP contribution < -0.4 is 11.1 Å². The molecule has 0 saturated carbocycles. The highest BCUT2D eigenvalue weighted by Gasteiger charge is 2.15. The van der Waals surface area contributed by atoms with Gasteiger partial charge in [0.05, 0.1) is 17.4 Å². The summed E-state index contributed by atoms with van der Waals surface area (Å²) in [4.78, 5) is 8.75. The van der Waals surface area contributed by atoms with E-state index in [2.05, 4.69) is 22.0 Å². The average Bonchev–Trinajstić information content (AvgIpc) is 2.86. The molecular formula is C25H32N6O3S. The van der Waals surface area contributed by atoms with Gasteiger partial charge in [-0.1, -0.05) is 38.1 Å². The molecule has 0 aliphatic rings. The molecule has 1 atom stereocenters. The van der Waals surface area contributed by atoms with E-state index in [1.807, 2.05) is 26.0 Å². The lowest BCUT2D eigenvalue weighted by Gasteiger charge is -2.12. The Morgan fingerprint density at radius 3 is 2.29 bits per heavy atom. The first-order chi connectivity index (χ1) is 16.7. The Bertz CT molecular complexity index is 1140. The summed E-state index contributed by atoms with van der Waals surface area (Å²) in [5, 5.41) is 28.3. The van der Waals surface area contributed by atoms with Crippen LogP contribution in [0.3, 0.4) is 0 Å². The number of nitrogens with one attached hydrogen (secondary N) is 3. The SMILES string of the molecule is C=NC(=N)C(N=C(C)c1ccc(S(=O)C(C)C)cc1)=C(N)OC(=N)c1ccc(CNCCO)cc1. The zero-order chi connectivity index (χ0) is 26.0. The number of aliphatic hydroxyl groups is 1. The van der Waals surface area contributed by atoms with Gasteiger partial charge in [0, 0.05) is 34.5 Å². The lowest BCUT2D eigenvalue weighted by atomic mass is 10.1. The number of amidine groups is 1. The summed E-state index contributed by atoms with van der Waals surface area (Å²) in [7, 11) is -1.10.